The van der Waals surface area contributed by atoms with E-state index < -0.39 is 16.6 Å². The third-order valence-corrected chi connectivity index (χ3v) is 12.2. The van der Waals surface area contributed by atoms with Crippen molar-refractivity contribution < 1.29 is 23.2 Å². The SMILES string of the molecule is CC(=O)OC[Si](C)(COC(C)=O)O[Si](C)(c1ccccc1)c1ccccc1. The molecular formula is C20H26O5Si2. The van der Waals surface area contributed by atoms with Crippen molar-refractivity contribution in [1.29, 1.82) is 0 Å². The molecule has 2 rings (SSSR count). The van der Waals surface area contributed by atoms with E-state index in [1.165, 1.54) is 13.8 Å². The molecule has 0 aromatic heterocycles. The predicted molar refractivity (Wildman–Crippen MR) is 110 cm³/mol. The van der Waals surface area contributed by atoms with Gasteiger partial charge in [0.2, 0.25) is 8.32 Å². The van der Waals surface area contributed by atoms with Crippen LogP contribution in [-0.2, 0) is 23.2 Å². The van der Waals surface area contributed by atoms with Crippen molar-refractivity contribution in [2.45, 2.75) is 26.9 Å². The average molecular weight is 403 g/mol. The van der Waals surface area contributed by atoms with Crippen LogP contribution < -0.4 is 10.4 Å². The first-order valence-electron chi connectivity index (χ1n) is 8.83. The maximum atomic E-state index is 11.4. The molecule has 27 heavy (non-hydrogen) atoms. The molecule has 2 aromatic carbocycles. The van der Waals surface area contributed by atoms with Crippen LogP contribution in [-0.4, -0.2) is 41.0 Å². The summed E-state index contributed by atoms with van der Waals surface area (Å²) < 4.78 is 17.4. The molecule has 0 saturated heterocycles. The number of rotatable bonds is 8. The molecule has 0 fully saturated rings. The highest BCUT2D eigenvalue weighted by Gasteiger charge is 2.44. The second-order valence-corrected chi connectivity index (χ2v) is 14.4. The van der Waals surface area contributed by atoms with E-state index in [0.29, 0.717) is 0 Å². The fourth-order valence-electron chi connectivity index (χ4n) is 2.90. The lowest BCUT2D eigenvalue weighted by Gasteiger charge is -2.38. The van der Waals surface area contributed by atoms with Gasteiger partial charge in [-0.2, -0.15) is 0 Å². The molecule has 0 N–H and O–H groups in total. The second-order valence-electron chi connectivity index (χ2n) is 6.88. The molecule has 0 spiro atoms. The minimum absolute atomic E-state index is 0.137. The van der Waals surface area contributed by atoms with Crippen molar-refractivity contribution in [3.63, 3.8) is 0 Å². The van der Waals surface area contributed by atoms with Gasteiger partial charge in [-0.25, -0.2) is 0 Å². The molecule has 7 heteroatoms. The minimum Gasteiger partial charge on any atom is -0.467 e. The summed E-state index contributed by atoms with van der Waals surface area (Å²) in [5.41, 5.74) is 0. The van der Waals surface area contributed by atoms with Crippen molar-refractivity contribution >= 4 is 38.9 Å². The topological polar surface area (TPSA) is 61.8 Å². The van der Waals surface area contributed by atoms with Crippen LogP contribution in [0.25, 0.3) is 0 Å². The molecular weight excluding hydrogens is 376 g/mol. The lowest BCUT2D eigenvalue weighted by molar-refractivity contribution is -0.140. The van der Waals surface area contributed by atoms with E-state index in [0.717, 1.165) is 10.4 Å². The van der Waals surface area contributed by atoms with Gasteiger partial charge in [0.15, 0.2) is 0 Å². The van der Waals surface area contributed by atoms with Crippen LogP contribution in [0.15, 0.2) is 60.7 Å². The van der Waals surface area contributed by atoms with E-state index in [1.54, 1.807) is 0 Å². The Bertz CT molecular complexity index is 707. The summed E-state index contributed by atoms with van der Waals surface area (Å²) >= 11 is 0. The van der Waals surface area contributed by atoms with Gasteiger partial charge in [0.05, 0.1) is 0 Å². The summed E-state index contributed by atoms with van der Waals surface area (Å²) in [4.78, 5) is 22.8. The zero-order valence-electron chi connectivity index (χ0n) is 16.2. The molecule has 0 radical (unpaired) electrons. The summed E-state index contributed by atoms with van der Waals surface area (Å²) in [7, 11) is -5.30. The lowest BCUT2D eigenvalue weighted by Crippen LogP contribution is -2.66. The first-order valence-corrected chi connectivity index (χ1v) is 14.1. The molecule has 0 amide bonds. The minimum atomic E-state index is -2.70. The molecule has 0 aliphatic rings. The van der Waals surface area contributed by atoms with Crippen molar-refractivity contribution in [1.82, 2.24) is 0 Å². The Labute approximate surface area is 162 Å². The maximum absolute atomic E-state index is 11.4. The molecule has 0 heterocycles. The monoisotopic (exact) mass is 402 g/mol. The fourth-order valence-corrected chi connectivity index (χ4v) is 11.3. The predicted octanol–water partition coefficient (Wildman–Crippen LogP) is 2.17. The molecule has 0 aliphatic heterocycles. The third kappa shape index (κ3) is 5.88. The second kappa shape index (κ2) is 9.12. The maximum Gasteiger partial charge on any atom is 0.302 e. The van der Waals surface area contributed by atoms with E-state index in [1.807, 2.05) is 42.9 Å². The first-order chi connectivity index (χ1) is 12.8. The molecule has 5 nitrogen and oxygen atoms in total. The Morgan fingerprint density at radius 2 is 1.11 bits per heavy atom. The number of ether oxygens (including phenoxy) is 2. The van der Waals surface area contributed by atoms with Crippen LogP contribution in [0.1, 0.15) is 13.8 Å². The quantitative estimate of drug-likeness (QED) is 0.500. The Kier molecular flexibility index (Phi) is 7.12. The molecule has 0 bridgehead atoms. The highest BCUT2D eigenvalue weighted by molar-refractivity contribution is 7.01. The van der Waals surface area contributed by atoms with Gasteiger partial charge in [-0.3, -0.25) is 9.59 Å². The summed E-state index contributed by atoms with van der Waals surface area (Å²) in [5, 5.41) is 2.22. The Balaban J connectivity index is 2.43. The van der Waals surface area contributed by atoms with Crippen molar-refractivity contribution in [2.75, 3.05) is 12.5 Å². The molecule has 0 unspecified atom stereocenters. The smallest absolute Gasteiger partial charge is 0.302 e. The van der Waals surface area contributed by atoms with Crippen LogP contribution >= 0.6 is 0 Å². The van der Waals surface area contributed by atoms with Crippen molar-refractivity contribution in [3.05, 3.63) is 60.7 Å². The molecule has 2 aromatic rings. The van der Waals surface area contributed by atoms with E-state index in [9.17, 15) is 9.59 Å². The summed E-state index contributed by atoms with van der Waals surface area (Å²) in [5.74, 6) is -0.745. The summed E-state index contributed by atoms with van der Waals surface area (Å²) in [6.07, 6.45) is 0.274. The Morgan fingerprint density at radius 3 is 1.44 bits per heavy atom. The fraction of sp³-hybridized carbons (Fsp3) is 0.300. The molecule has 0 saturated carbocycles. The summed E-state index contributed by atoms with van der Waals surface area (Å²) in [6, 6.07) is 20.1. The van der Waals surface area contributed by atoms with Crippen molar-refractivity contribution in [2.24, 2.45) is 0 Å². The van der Waals surface area contributed by atoms with Crippen LogP contribution in [0.2, 0.25) is 13.1 Å². The van der Waals surface area contributed by atoms with Gasteiger partial charge < -0.3 is 13.6 Å². The standard InChI is InChI=1S/C20H26O5Si2/c1-17(21)23-15-26(3,16-24-18(2)22)25-27(4,19-11-7-5-8-12-19)20-13-9-6-10-14-20/h5-14H,15-16H2,1-4H3. The van der Waals surface area contributed by atoms with Gasteiger partial charge in [0.25, 0.3) is 8.32 Å². The normalized spacial score (nSPS) is 11.7. The van der Waals surface area contributed by atoms with Gasteiger partial charge in [0.1, 0.15) is 12.5 Å². The molecule has 0 atom stereocenters. The van der Waals surface area contributed by atoms with E-state index in [4.69, 9.17) is 13.6 Å². The van der Waals surface area contributed by atoms with Gasteiger partial charge in [-0.1, -0.05) is 60.7 Å². The zero-order chi connectivity index (χ0) is 19.9. The number of benzene rings is 2. The van der Waals surface area contributed by atoms with Gasteiger partial charge in [0, 0.05) is 13.8 Å². The van der Waals surface area contributed by atoms with Gasteiger partial charge in [-0.15, -0.1) is 0 Å². The molecule has 0 aliphatic carbocycles. The average Bonchev–Trinajstić information content (AvgIpc) is 2.66. The Hall–Kier alpha value is -2.23. The highest BCUT2D eigenvalue weighted by Crippen LogP contribution is 2.17. The number of hydrogen-bond acceptors (Lipinski definition) is 5. The van der Waals surface area contributed by atoms with Gasteiger partial charge >= 0.3 is 11.9 Å². The largest absolute Gasteiger partial charge is 0.467 e. The number of carbonyl (C=O) groups excluding carboxylic acids is 2. The van der Waals surface area contributed by atoms with E-state index in [2.05, 4.69) is 30.8 Å². The number of hydrogen-bond donors (Lipinski definition) is 0. The van der Waals surface area contributed by atoms with Crippen LogP contribution in [0.3, 0.4) is 0 Å². The first kappa shape index (κ1) is 21.1. The van der Waals surface area contributed by atoms with Crippen LogP contribution in [0, 0.1) is 0 Å². The van der Waals surface area contributed by atoms with E-state index in [-0.39, 0.29) is 24.4 Å². The third-order valence-electron chi connectivity index (χ3n) is 4.26. The summed E-state index contributed by atoms with van der Waals surface area (Å²) in [6.45, 7) is 6.80. The van der Waals surface area contributed by atoms with Crippen LogP contribution in [0.4, 0.5) is 0 Å². The molecule has 144 valence electrons. The van der Waals surface area contributed by atoms with Gasteiger partial charge in [-0.05, 0) is 23.5 Å². The van der Waals surface area contributed by atoms with E-state index >= 15 is 0 Å². The zero-order valence-corrected chi connectivity index (χ0v) is 18.2. The Morgan fingerprint density at radius 1 is 0.741 bits per heavy atom. The lowest BCUT2D eigenvalue weighted by atomic mass is 10.4. The van der Waals surface area contributed by atoms with Crippen molar-refractivity contribution in [3.8, 4) is 0 Å². The van der Waals surface area contributed by atoms with Crippen LogP contribution in [0.5, 0.6) is 0 Å². The number of esters is 2. The highest BCUT2D eigenvalue weighted by atomic mass is 28.4. The number of carbonyl (C=O) groups is 2.